The SMILES string of the molecule is O=C(NCc1cccnc1OC1CCCC1)c1cc(C2CC2)[nH]n1. The van der Waals surface area contributed by atoms with Gasteiger partial charge in [0.15, 0.2) is 0 Å². The number of amides is 1. The highest BCUT2D eigenvalue weighted by atomic mass is 16.5. The predicted molar refractivity (Wildman–Crippen MR) is 88.9 cm³/mol. The average Bonchev–Trinajstić information content (AvgIpc) is 3.11. The van der Waals surface area contributed by atoms with Gasteiger partial charge < -0.3 is 10.1 Å². The summed E-state index contributed by atoms with van der Waals surface area (Å²) in [7, 11) is 0. The molecule has 0 bridgehead atoms. The van der Waals surface area contributed by atoms with E-state index in [1.165, 1.54) is 25.7 Å². The molecule has 6 heteroatoms. The summed E-state index contributed by atoms with van der Waals surface area (Å²) < 4.78 is 6.00. The Bertz CT molecular complexity index is 717. The zero-order chi connectivity index (χ0) is 16.4. The van der Waals surface area contributed by atoms with Crippen molar-refractivity contribution in [2.75, 3.05) is 0 Å². The molecule has 0 spiro atoms. The number of hydrogen-bond acceptors (Lipinski definition) is 4. The first kappa shape index (κ1) is 15.2. The zero-order valence-corrected chi connectivity index (χ0v) is 13.6. The van der Waals surface area contributed by atoms with Gasteiger partial charge in [-0.15, -0.1) is 0 Å². The number of nitrogens with zero attached hydrogens (tertiary/aromatic N) is 2. The number of pyridine rings is 1. The molecule has 2 aromatic rings. The minimum atomic E-state index is -0.172. The molecular weight excluding hydrogens is 304 g/mol. The van der Waals surface area contributed by atoms with Gasteiger partial charge in [0.25, 0.3) is 5.91 Å². The first-order valence-electron chi connectivity index (χ1n) is 8.73. The van der Waals surface area contributed by atoms with E-state index in [9.17, 15) is 4.79 Å². The molecule has 2 N–H and O–H groups in total. The van der Waals surface area contributed by atoms with Gasteiger partial charge in [0.1, 0.15) is 11.8 Å². The fourth-order valence-corrected chi connectivity index (χ4v) is 3.15. The van der Waals surface area contributed by atoms with Crippen LogP contribution in [-0.4, -0.2) is 27.2 Å². The number of aromatic amines is 1. The smallest absolute Gasteiger partial charge is 0.272 e. The Labute approximate surface area is 141 Å². The quantitative estimate of drug-likeness (QED) is 0.855. The van der Waals surface area contributed by atoms with Crippen LogP contribution in [0.25, 0.3) is 0 Å². The number of carbonyl (C=O) groups excluding carboxylic acids is 1. The molecule has 2 fully saturated rings. The van der Waals surface area contributed by atoms with Gasteiger partial charge in [-0.2, -0.15) is 5.10 Å². The van der Waals surface area contributed by atoms with E-state index in [4.69, 9.17) is 4.74 Å². The van der Waals surface area contributed by atoms with E-state index >= 15 is 0 Å². The van der Waals surface area contributed by atoms with Gasteiger partial charge in [-0.25, -0.2) is 4.98 Å². The highest BCUT2D eigenvalue weighted by Crippen LogP contribution is 2.39. The third-order valence-corrected chi connectivity index (χ3v) is 4.72. The van der Waals surface area contributed by atoms with Gasteiger partial charge >= 0.3 is 0 Å². The Hall–Kier alpha value is -2.37. The Morgan fingerprint density at radius 1 is 1.29 bits per heavy atom. The number of carbonyl (C=O) groups is 1. The predicted octanol–water partition coefficient (Wildman–Crippen LogP) is 2.93. The maximum absolute atomic E-state index is 12.3. The highest BCUT2D eigenvalue weighted by molar-refractivity contribution is 5.92. The van der Waals surface area contributed by atoms with Crippen LogP contribution in [0.3, 0.4) is 0 Å². The van der Waals surface area contributed by atoms with Crippen LogP contribution in [-0.2, 0) is 6.54 Å². The lowest BCUT2D eigenvalue weighted by Gasteiger charge is -2.15. The summed E-state index contributed by atoms with van der Waals surface area (Å²) in [5.41, 5.74) is 2.40. The fraction of sp³-hybridized carbons (Fsp3) is 0.500. The summed E-state index contributed by atoms with van der Waals surface area (Å²) in [6, 6.07) is 5.66. The van der Waals surface area contributed by atoms with Gasteiger partial charge in [-0.1, -0.05) is 6.07 Å². The molecule has 0 unspecified atom stereocenters. The van der Waals surface area contributed by atoms with Crippen LogP contribution < -0.4 is 10.1 Å². The van der Waals surface area contributed by atoms with Crippen molar-refractivity contribution in [1.29, 1.82) is 0 Å². The molecule has 2 aliphatic rings. The molecule has 2 heterocycles. The molecule has 0 saturated heterocycles. The summed E-state index contributed by atoms with van der Waals surface area (Å²) in [6.45, 7) is 0.389. The van der Waals surface area contributed by atoms with E-state index in [-0.39, 0.29) is 12.0 Å². The summed E-state index contributed by atoms with van der Waals surface area (Å²) in [4.78, 5) is 16.6. The van der Waals surface area contributed by atoms with Crippen LogP contribution in [0.2, 0.25) is 0 Å². The lowest BCUT2D eigenvalue weighted by atomic mass is 10.2. The molecule has 24 heavy (non-hydrogen) atoms. The number of nitrogens with one attached hydrogen (secondary N) is 2. The number of aromatic nitrogens is 3. The second-order valence-electron chi connectivity index (χ2n) is 6.66. The first-order chi connectivity index (χ1) is 11.8. The standard InChI is InChI=1S/C18H22N4O2/c23-17(16-10-15(21-22-16)12-7-8-12)20-11-13-4-3-9-19-18(13)24-14-5-1-2-6-14/h3-4,9-10,12,14H,1-2,5-8,11H2,(H,20,23)(H,21,22). The Kier molecular flexibility index (Phi) is 4.19. The van der Waals surface area contributed by atoms with E-state index in [0.29, 0.717) is 24.0 Å². The van der Waals surface area contributed by atoms with Crippen molar-refractivity contribution in [3.05, 3.63) is 41.3 Å². The lowest BCUT2D eigenvalue weighted by molar-refractivity contribution is 0.0945. The summed E-state index contributed by atoms with van der Waals surface area (Å²) in [5, 5.41) is 9.98. The zero-order valence-electron chi connectivity index (χ0n) is 13.6. The third-order valence-electron chi connectivity index (χ3n) is 4.72. The maximum atomic E-state index is 12.3. The van der Waals surface area contributed by atoms with Gasteiger partial charge in [-0.3, -0.25) is 9.89 Å². The topological polar surface area (TPSA) is 79.9 Å². The molecule has 126 valence electrons. The van der Waals surface area contributed by atoms with E-state index in [2.05, 4.69) is 20.5 Å². The third kappa shape index (κ3) is 3.42. The number of rotatable bonds is 6. The minimum Gasteiger partial charge on any atom is -0.474 e. The molecule has 1 amide bonds. The molecule has 2 saturated carbocycles. The number of ether oxygens (including phenoxy) is 1. The van der Waals surface area contributed by atoms with Crippen molar-refractivity contribution in [3.8, 4) is 5.88 Å². The van der Waals surface area contributed by atoms with Crippen molar-refractivity contribution >= 4 is 5.91 Å². The molecule has 2 aromatic heterocycles. The van der Waals surface area contributed by atoms with Crippen molar-refractivity contribution in [2.24, 2.45) is 0 Å². The number of H-pyrrole nitrogens is 1. The molecule has 0 radical (unpaired) electrons. The fourth-order valence-electron chi connectivity index (χ4n) is 3.15. The Balaban J connectivity index is 1.38. The minimum absolute atomic E-state index is 0.172. The van der Waals surface area contributed by atoms with E-state index in [0.717, 1.165) is 24.1 Å². The van der Waals surface area contributed by atoms with Gasteiger partial charge in [0.05, 0.1) is 0 Å². The summed E-state index contributed by atoms with van der Waals surface area (Å²) in [5.74, 6) is 1.02. The van der Waals surface area contributed by atoms with Crippen LogP contribution in [0, 0.1) is 0 Å². The molecule has 0 aromatic carbocycles. The molecule has 6 nitrogen and oxygen atoms in total. The molecule has 2 aliphatic carbocycles. The monoisotopic (exact) mass is 326 g/mol. The van der Waals surface area contributed by atoms with Crippen molar-refractivity contribution in [2.45, 2.75) is 57.1 Å². The summed E-state index contributed by atoms with van der Waals surface area (Å²) in [6.07, 6.45) is 8.94. The first-order valence-corrected chi connectivity index (χ1v) is 8.73. The Morgan fingerprint density at radius 3 is 2.92 bits per heavy atom. The second kappa shape index (κ2) is 6.63. The molecule has 0 atom stereocenters. The van der Waals surface area contributed by atoms with Gasteiger partial charge in [0.2, 0.25) is 5.88 Å². The molecule has 4 rings (SSSR count). The van der Waals surface area contributed by atoms with Crippen molar-refractivity contribution in [1.82, 2.24) is 20.5 Å². The van der Waals surface area contributed by atoms with Crippen LogP contribution in [0.4, 0.5) is 0 Å². The maximum Gasteiger partial charge on any atom is 0.272 e. The van der Waals surface area contributed by atoms with Gasteiger partial charge in [0, 0.05) is 29.9 Å². The number of hydrogen-bond donors (Lipinski definition) is 2. The molecule has 0 aliphatic heterocycles. The normalized spacial score (nSPS) is 17.8. The van der Waals surface area contributed by atoms with Crippen LogP contribution >= 0.6 is 0 Å². The summed E-state index contributed by atoms with van der Waals surface area (Å²) >= 11 is 0. The van der Waals surface area contributed by atoms with Crippen molar-refractivity contribution in [3.63, 3.8) is 0 Å². The largest absolute Gasteiger partial charge is 0.474 e. The van der Waals surface area contributed by atoms with Crippen LogP contribution in [0.5, 0.6) is 5.88 Å². The van der Waals surface area contributed by atoms with Crippen LogP contribution in [0.1, 0.15) is 66.2 Å². The van der Waals surface area contributed by atoms with E-state index in [1.807, 2.05) is 18.2 Å². The van der Waals surface area contributed by atoms with E-state index in [1.54, 1.807) is 6.20 Å². The van der Waals surface area contributed by atoms with Crippen LogP contribution in [0.15, 0.2) is 24.4 Å². The Morgan fingerprint density at radius 2 is 2.12 bits per heavy atom. The second-order valence-corrected chi connectivity index (χ2v) is 6.66. The van der Waals surface area contributed by atoms with E-state index < -0.39 is 0 Å². The molecular formula is C18H22N4O2. The lowest BCUT2D eigenvalue weighted by Crippen LogP contribution is -2.24. The van der Waals surface area contributed by atoms with Gasteiger partial charge in [-0.05, 0) is 50.7 Å². The highest BCUT2D eigenvalue weighted by Gasteiger charge is 2.26. The average molecular weight is 326 g/mol. The van der Waals surface area contributed by atoms with Crippen molar-refractivity contribution < 1.29 is 9.53 Å².